The first-order valence-corrected chi connectivity index (χ1v) is 19.2. The van der Waals surface area contributed by atoms with Crippen LogP contribution in [0.15, 0.2) is 115 Å². The number of ether oxygens (including phenoxy) is 3. The van der Waals surface area contributed by atoms with Gasteiger partial charge in [-0.15, -0.1) is 0 Å². The molecule has 57 heavy (non-hydrogen) atoms. The molecule has 0 saturated carbocycles. The molecule has 8 nitrogen and oxygen atoms in total. The van der Waals surface area contributed by atoms with Crippen molar-refractivity contribution in [2.75, 3.05) is 20.8 Å². The molecule has 0 aromatic heterocycles. The normalized spacial score (nSPS) is 10.4. The molecular formula is C49H65O8. The summed E-state index contributed by atoms with van der Waals surface area (Å²) in [6, 6.07) is 34.0. The van der Waals surface area contributed by atoms with Gasteiger partial charge in [0.2, 0.25) is 0 Å². The SMILES string of the molecule is CCCOC(=O)c1ccc(O)cc1.COc1ccc(O)c(C(C)(C)C)c1.COc1ccc(O)cc1C(C)(C)C.Oc1ccccc1Cc1ccccc1.[CH2]CCC. The minimum absolute atomic E-state index is 0.00984. The summed E-state index contributed by atoms with van der Waals surface area (Å²) < 4.78 is 15.2. The number of benzene rings is 5. The predicted molar refractivity (Wildman–Crippen MR) is 233 cm³/mol. The Morgan fingerprint density at radius 2 is 1.18 bits per heavy atom. The molecule has 0 amide bonds. The van der Waals surface area contributed by atoms with Gasteiger partial charge in [0.15, 0.2) is 0 Å². The number of methoxy groups -OCH3 is 2. The van der Waals surface area contributed by atoms with E-state index in [9.17, 15) is 20.1 Å². The first-order chi connectivity index (χ1) is 26.9. The maximum Gasteiger partial charge on any atom is 0.338 e. The number of rotatable bonds is 8. The Kier molecular flexibility index (Phi) is 22.1. The van der Waals surface area contributed by atoms with Crippen LogP contribution in [0.1, 0.15) is 107 Å². The molecule has 0 fully saturated rings. The lowest BCUT2D eigenvalue weighted by atomic mass is 9.86. The summed E-state index contributed by atoms with van der Waals surface area (Å²) in [4.78, 5) is 11.2. The van der Waals surface area contributed by atoms with Gasteiger partial charge in [-0.1, -0.05) is 124 Å². The number of hydrogen-bond acceptors (Lipinski definition) is 8. The molecule has 0 aliphatic rings. The van der Waals surface area contributed by atoms with Gasteiger partial charge in [-0.25, -0.2) is 4.79 Å². The lowest BCUT2D eigenvalue weighted by molar-refractivity contribution is 0.0505. The van der Waals surface area contributed by atoms with Crippen molar-refractivity contribution in [3.05, 3.63) is 150 Å². The van der Waals surface area contributed by atoms with E-state index in [1.807, 2.05) is 49.4 Å². The van der Waals surface area contributed by atoms with Crippen LogP contribution in [0.2, 0.25) is 0 Å². The number of phenolic OH excluding ortho intramolecular Hbond substituents is 4. The molecule has 8 heteroatoms. The molecule has 5 aromatic rings. The van der Waals surface area contributed by atoms with Crippen molar-refractivity contribution in [3.8, 4) is 34.5 Å². The van der Waals surface area contributed by atoms with Crippen LogP contribution in [-0.4, -0.2) is 47.2 Å². The molecule has 5 aromatic carbocycles. The van der Waals surface area contributed by atoms with E-state index in [1.54, 1.807) is 50.6 Å². The topological polar surface area (TPSA) is 126 Å². The van der Waals surface area contributed by atoms with Crippen LogP contribution in [0, 0.1) is 6.92 Å². The van der Waals surface area contributed by atoms with Gasteiger partial charge in [-0.3, -0.25) is 0 Å². The summed E-state index contributed by atoms with van der Waals surface area (Å²) >= 11 is 0. The lowest BCUT2D eigenvalue weighted by Gasteiger charge is -2.21. The average Bonchev–Trinajstić information content (AvgIpc) is 3.19. The molecule has 0 bridgehead atoms. The highest BCUT2D eigenvalue weighted by molar-refractivity contribution is 5.89. The molecule has 0 heterocycles. The third-order valence-electron chi connectivity index (χ3n) is 8.13. The number of para-hydroxylation sites is 1. The Bertz CT molecular complexity index is 1850. The van der Waals surface area contributed by atoms with Crippen molar-refractivity contribution in [2.45, 2.75) is 91.9 Å². The third kappa shape index (κ3) is 19.2. The lowest BCUT2D eigenvalue weighted by Crippen LogP contribution is -2.12. The van der Waals surface area contributed by atoms with Crippen LogP contribution in [-0.2, 0) is 22.0 Å². The van der Waals surface area contributed by atoms with Crippen molar-refractivity contribution in [2.24, 2.45) is 0 Å². The van der Waals surface area contributed by atoms with Gasteiger partial charge in [0.25, 0.3) is 0 Å². The Labute approximate surface area is 341 Å². The summed E-state index contributed by atoms with van der Waals surface area (Å²) in [5.41, 5.74) is 4.52. The van der Waals surface area contributed by atoms with E-state index in [4.69, 9.17) is 19.3 Å². The number of unbranched alkanes of at least 4 members (excludes halogenated alkanes) is 1. The van der Waals surface area contributed by atoms with Crippen LogP contribution >= 0.6 is 0 Å². The number of carbonyl (C=O) groups excluding carboxylic acids is 1. The van der Waals surface area contributed by atoms with Gasteiger partial charge in [0, 0.05) is 17.5 Å². The molecule has 0 spiro atoms. The summed E-state index contributed by atoms with van der Waals surface area (Å²) in [5, 5.41) is 37.5. The van der Waals surface area contributed by atoms with E-state index in [0.717, 1.165) is 47.5 Å². The molecule has 0 aliphatic carbocycles. The monoisotopic (exact) mass is 781 g/mol. The first-order valence-electron chi connectivity index (χ1n) is 19.2. The fourth-order valence-corrected chi connectivity index (χ4v) is 4.88. The summed E-state index contributed by atoms with van der Waals surface area (Å²) in [5.74, 6) is 2.39. The molecule has 309 valence electrons. The van der Waals surface area contributed by atoms with E-state index in [1.165, 1.54) is 36.2 Å². The van der Waals surface area contributed by atoms with Crippen LogP contribution in [0.5, 0.6) is 34.5 Å². The zero-order valence-corrected chi connectivity index (χ0v) is 35.6. The molecule has 0 aliphatic heterocycles. The Morgan fingerprint density at radius 1 is 0.614 bits per heavy atom. The second-order valence-electron chi connectivity index (χ2n) is 15.1. The summed E-state index contributed by atoms with van der Waals surface area (Å²) in [6.45, 7) is 20.5. The van der Waals surface area contributed by atoms with Gasteiger partial charge in [0.05, 0.1) is 26.4 Å². The minimum atomic E-state index is -0.346. The molecule has 5 rings (SSSR count). The van der Waals surface area contributed by atoms with Crippen LogP contribution < -0.4 is 9.47 Å². The van der Waals surface area contributed by atoms with E-state index in [0.29, 0.717) is 23.7 Å². The van der Waals surface area contributed by atoms with Gasteiger partial charge in [0.1, 0.15) is 34.5 Å². The Hall–Kier alpha value is -5.63. The molecule has 1 radical (unpaired) electrons. The van der Waals surface area contributed by atoms with Gasteiger partial charge >= 0.3 is 5.97 Å². The fraction of sp³-hybridized carbons (Fsp3) is 0.347. The zero-order chi connectivity index (χ0) is 43.0. The van der Waals surface area contributed by atoms with E-state index >= 15 is 0 Å². The molecule has 0 unspecified atom stereocenters. The van der Waals surface area contributed by atoms with Crippen LogP contribution in [0.25, 0.3) is 0 Å². The van der Waals surface area contributed by atoms with Crippen molar-refractivity contribution >= 4 is 5.97 Å². The third-order valence-corrected chi connectivity index (χ3v) is 8.13. The smallest absolute Gasteiger partial charge is 0.338 e. The zero-order valence-electron chi connectivity index (χ0n) is 35.6. The van der Waals surface area contributed by atoms with Crippen molar-refractivity contribution in [1.29, 1.82) is 0 Å². The van der Waals surface area contributed by atoms with Gasteiger partial charge < -0.3 is 34.6 Å². The van der Waals surface area contributed by atoms with Gasteiger partial charge in [-0.2, -0.15) is 0 Å². The molecular weight excluding hydrogens is 717 g/mol. The highest BCUT2D eigenvalue weighted by atomic mass is 16.5. The first kappa shape index (κ1) is 49.4. The van der Waals surface area contributed by atoms with Crippen molar-refractivity contribution in [3.63, 3.8) is 0 Å². The highest BCUT2D eigenvalue weighted by Gasteiger charge is 2.19. The largest absolute Gasteiger partial charge is 0.508 e. The minimum Gasteiger partial charge on any atom is -0.508 e. The van der Waals surface area contributed by atoms with E-state index < -0.39 is 0 Å². The number of phenols is 4. The maximum atomic E-state index is 11.2. The van der Waals surface area contributed by atoms with Crippen LogP contribution in [0.3, 0.4) is 0 Å². The van der Waals surface area contributed by atoms with Crippen molar-refractivity contribution < 1.29 is 39.4 Å². The second kappa shape index (κ2) is 25.5. The highest BCUT2D eigenvalue weighted by Crippen LogP contribution is 2.34. The van der Waals surface area contributed by atoms with E-state index in [-0.39, 0.29) is 28.3 Å². The number of aromatic hydroxyl groups is 4. The fourth-order valence-electron chi connectivity index (χ4n) is 4.88. The summed E-state index contributed by atoms with van der Waals surface area (Å²) in [6.07, 6.45) is 3.87. The number of carbonyl (C=O) groups is 1. The maximum absolute atomic E-state index is 11.2. The van der Waals surface area contributed by atoms with Crippen molar-refractivity contribution in [1.82, 2.24) is 0 Å². The van der Waals surface area contributed by atoms with E-state index in [2.05, 4.69) is 67.5 Å². The Morgan fingerprint density at radius 3 is 1.68 bits per heavy atom. The average molecular weight is 782 g/mol. The standard InChI is InChI=1S/C13H12O.2C11H16O2.C10H12O3.C4H9/c14-13-9-5-4-8-12(13)10-11-6-2-1-3-7-11;1-11(2,3)9-7-8(13-4)5-6-10(9)12;1-11(2,3)9-7-8(12)5-6-10(9)13-4;1-2-7-13-10(12)8-3-5-9(11)6-4-8;1-3-4-2/h1-9,14H,10H2;2*5-7,12H,1-4H3;3-6,11H,2,7H2,1H3;1,3-4H2,2H3. The molecule has 4 N–H and O–H groups in total. The van der Waals surface area contributed by atoms with Gasteiger partial charge in [-0.05, 0) is 95.1 Å². The molecule has 0 atom stereocenters. The predicted octanol–water partition coefficient (Wildman–Crippen LogP) is 12.0. The number of hydrogen-bond donors (Lipinski definition) is 4. The number of esters is 1. The Balaban J connectivity index is 0.000000368. The second-order valence-corrected chi connectivity index (χ2v) is 15.1. The molecule has 0 saturated heterocycles. The quantitative estimate of drug-likeness (QED) is 0.115. The summed E-state index contributed by atoms with van der Waals surface area (Å²) in [7, 11) is 3.26. The van der Waals surface area contributed by atoms with Crippen LogP contribution in [0.4, 0.5) is 0 Å².